The van der Waals surface area contributed by atoms with Crippen molar-refractivity contribution in [2.24, 2.45) is 12.8 Å². The molecule has 1 rings (SSSR count). The average molecular weight is 246 g/mol. The van der Waals surface area contributed by atoms with Crippen LogP contribution in [0, 0.1) is 0 Å². The molecule has 0 saturated heterocycles. The Labute approximate surface area is 96.1 Å². The molecule has 0 spiro atoms. The number of hydrogen-bond acceptors (Lipinski definition) is 3. The Bertz CT molecular complexity index is 437. The van der Waals surface area contributed by atoms with E-state index in [9.17, 15) is 4.79 Å². The van der Waals surface area contributed by atoms with Crippen molar-refractivity contribution in [3.05, 3.63) is 22.5 Å². The van der Waals surface area contributed by atoms with Crippen molar-refractivity contribution in [1.29, 1.82) is 0 Å². The van der Waals surface area contributed by atoms with Crippen LogP contribution in [-0.2, 0) is 11.8 Å². The fraction of sp³-hybridized carbons (Fsp3) is 0.125. The number of carboxylic acids is 1. The third kappa shape index (κ3) is 2.77. The van der Waals surface area contributed by atoms with Gasteiger partial charge in [0.2, 0.25) is 0 Å². The summed E-state index contributed by atoms with van der Waals surface area (Å²) >= 11 is 10.4. The molecule has 1 aromatic heterocycles. The minimum absolute atomic E-state index is 0.189. The molecule has 7 heteroatoms. The highest BCUT2D eigenvalue weighted by Crippen LogP contribution is 2.16. The van der Waals surface area contributed by atoms with Crippen LogP contribution in [0.1, 0.15) is 5.69 Å². The first-order chi connectivity index (χ1) is 6.91. The standard InChI is InChI=1S/C8H8ClN3O2S/c1-12-3-5(9)6(11-12)2-4(7(10)15)8(13)14/h2-3H,1H3,(H2,10,15)(H,13,14). The Morgan fingerprint density at radius 1 is 1.80 bits per heavy atom. The molecule has 0 amide bonds. The van der Waals surface area contributed by atoms with Crippen LogP contribution < -0.4 is 5.73 Å². The predicted molar refractivity (Wildman–Crippen MR) is 60.6 cm³/mol. The van der Waals surface area contributed by atoms with Crippen LogP contribution in [0.15, 0.2) is 11.8 Å². The summed E-state index contributed by atoms with van der Waals surface area (Å²) in [5.41, 5.74) is 5.38. The van der Waals surface area contributed by atoms with E-state index in [0.29, 0.717) is 10.7 Å². The maximum atomic E-state index is 10.7. The molecule has 3 N–H and O–H groups in total. The highest BCUT2D eigenvalue weighted by atomic mass is 35.5. The monoisotopic (exact) mass is 245 g/mol. The Morgan fingerprint density at radius 2 is 2.40 bits per heavy atom. The Balaban J connectivity index is 3.18. The van der Waals surface area contributed by atoms with E-state index in [4.69, 9.17) is 22.4 Å². The van der Waals surface area contributed by atoms with Gasteiger partial charge >= 0.3 is 5.97 Å². The summed E-state index contributed by atoms with van der Waals surface area (Å²) in [5, 5.41) is 13.1. The van der Waals surface area contributed by atoms with Gasteiger partial charge in [0.05, 0.1) is 10.6 Å². The average Bonchev–Trinajstić information content (AvgIpc) is 2.39. The molecular formula is C8H8ClN3O2S. The van der Waals surface area contributed by atoms with E-state index in [1.807, 2.05) is 0 Å². The van der Waals surface area contributed by atoms with Crippen molar-refractivity contribution in [2.75, 3.05) is 0 Å². The lowest BCUT2D eigenvalue weighted by Gasteiger charge is -1.97. The second-order valence-electron chi connectivity index (χ2n) is 2.76. The largest absolute Gasteiger partial charge is 0.478 e. The Hall–Kier alpha value is -1.40. The van der Waals surface area contributed by atoms with E-state index in [1.165, 1.54) is 10.8 Å². The number of halogens is 1. The number of aliphatic carboxylic acids is 1. The predicted octanol–water partition coefficient (Wildman–Crippen LogP) is 0.828. The summed E-state index contributed by atoms with van der Waals surface area (Å²) in [6.07, 6.45) is 2.79. The fourth-order valence-corrected chi connectivity index (χ4v) is 1.33. The van der Waals surface area contributed by atoms with E-state index in [1.54, 1.807) is 13.2 Å². The van der Waals surface area contributed by atoms with Gasteiger partial charge in [-0.3, -0.25) is 4.68 Å². The summed E-state index contributed by atoms with van der Waals surface area (Å²) in [6, 6.07) is 0. The van der Waals surface area contributed by atoms with Crippen molar-refractivity contribution in [3.8, 4) is 0 Å². The first kappa shape index (κ1) is 11.7. The number of carboxylic acid groups (broad SMARTS) is 1. The van der Waals surface area contributed by atoms with E-state index in [-0.39, 0.29) is 10.6 Å². The van der Waals surface area contributed by atoms with Gasteiger partial charge in [0.1, 0.15) is 10.7 Å². The smallest absolute Gasteiger partial charge is 0.338 e. The second kappa shape index (κ2) is 4.41. The third-order valence-electron chi connectivity index (χ3n) is 1.59. The first-order valence-electron chi connectivity index (χ1n) is 3.85. The van der Waals surface area contributed by atoms with Gasteiger partial charge in [-0.1, -0.05) is 23.8 Å². The molecule has 0 atom stereocenters. The van der Waals surface area contributed by atoms with E-state index in [2.05, 4.69) is 17.3 Å². The fourth-order valence-electron chi connectivity index (χ4n) is 0.950. The molecule has 0 aliphatic heterocycles. The van der Waals surface area contributed by atoms with Gasteiger partial charge in [0, 0.05) is 13.2 Å². The molecule has 1 aromatic rings. The summed E-state index contributed by atoms with van der Waals surface area (Å²) in [6.45, 7) is 0. The van der Waals surface area contributed by atoms with Crippen LogP contribution >= 0.6 is 23.8 Å². The number of nitrogens with two attached hydrogens (primary N) is 1. The van der Waals surface area contributed by atoms with Crippen LogP contribution in [0.25, 0.3) is 6.08 Å². The first-order valence-corrected chi connectivity index (χ1v) is 4.64. The zero-order valence-electron chi connectivity index (χ0n) is 7.77. The highest BCUT2D eigenvalue weighted by Gasteiger charge is 2.12. The molecule has 0 aliphatic rings. The summed E-state index contributed by atoms with van der Waals surface area (Å²) in [7, 11) is 1.67. The van der Waals surface area contributed by atoms with Crippen LogP contribution in [0.3, 0.4) is 0 Å². The van der Waals surface area contributed by atoms with Crippen molar-refractivity contribution in [1.82, 2.24) is 9.78 Å². The number of nitrogens with zero attached hydrogens (tertiary/aromatic N) is 2. The molecule has 1 heterocycles. The summed E-state index contributed by atoms with van der Waals surface area (Å²) < 4.78 is 1.47. The van der Waals surface area contributed by atoms with E-state index in [0.717, 1.165) is 0 Å². The van der Waals surface area contributed by atoms with Gasteiger partial charge in [-0.05, 0) is 6.08 Å². The van der Waals surface area contributed by atoms with E-state index >= 15 is 0 Å². The molecular weight excluding hydrogens is 238 g/mol. The molecule has 80 valence electrons. The highest BCUT2D eigenvalue weighted by molar-refractivity contribution is 7.80. The number of hydrogen-bond donors (Lipinski definition) is 2. The molecule has 0 aromatic carbocycles. The molecule has 5 nitrogen and oxygen atoms in total. The minimum atomic E-state index is -1.20. The van der Waals surface area contributed by atoms with Gasteiger partial charge in [-0.25, -0.2) is 4.79 Å². The summed E-state index contributed by atoms with van der Waals surface area (Å²) in [4.78, 5) is 10.5. The quantitative estimate of drug-likeness (QED) is 0.609. The molecule has 0 bridgehead atoms. The topological polar surface area (TPSA) is 81.1 Å². The second-order valence-corrected chi connectivity index (χ2v) is 3.61. The van der Waals surface area contributed by atoms with Crippen LogP contribution in [0.2, 0.25) is 5.02 Å². The van der Waals surface area contributed by atoms with Crippen LogP contribution in [0.4, 0.5) is 0 Å². The lowest BCUT2D eigenvalue weighted by molar-refractivity contribution is -0.131. The van der Waals surface area contributed by atoms with Gasteiger partial charge in [-0.2, -0.15) is 5.10 Å². The van der Waals surface area contributed by atoms with Gasteiger partial charge in [0.15, 0.2) is 0 Å². The van der Waals surface area contributed by atoms with Gasteiger partial charge in [0.25, 0.3) is 0 Å². The number of thiocarbonyl (C=S) groups is 1. The SMILES string of the molecule is Cn1cc(Cl)c(C=C(C(=O)O)C(N)=S)n1. The Morgan fingerprint density at radius 3 is 2.73 bits per heavy atom. The van der Waals surface area contributed by atoms with Crippen molar-refractivity contribution in [3.63, 3.8) is 0 Å². The van der Waals surface area contributed by atoms with Gasteiger partial charge in [-0.15, -0.1) is 0 Å². The maximum absolute atomic E-state index is 10.7. The number of aryl methyl sites for hydroxylation is 1. The third-order valence-corrected chi connectivity index (χ3v) is 2.10. The van der Waals surface area contributed by atoms with E-state index < -0.39 is 5.97 Å². The van der Waals surface area contributed by atoms with Crippen molar-refractivity contribution in [2.45, 2.75) is 0 Å². The van der Waals surface area contributed by atoms with Crippen molar-refractivity contribution < 1.29 is 9.90 Å². The maximum Gasteiger partial charge on any atom is 0.338 e. The molecule has 0 saturated carbocycles. The van der Waals surface area contributed by atoms with Crippen LogP contribution in [0.5, 0.6) is 0 Å². The minimum Gasteiger partial charge on any atom is -0.478 e. The number of carbonyl (C=O) groups is 1. The molecule has 15 heavy (non-hydrogen) atoms. The Kier molecular flexibility index (Phi) is 3.43. The lowest BCUT2D eigenvalue weighted by atomic mass is 10.2. The molecule has 0 radical (unpaired) electrons. The molecule has 0 unspecified atom stereocenters. The lowest BCUT2D eigenvalue weighted by Crippen LogP contribution is -2.18. The zero-order chi connectivity index (χ0) is 11.6. The number of aromatic nitrogens is 2. The van der Waals surface area contributed by atoms with Gasteiger partial charge < -0.3 is 10.8 Å². The summed E-state index contributed by atoms with van der Waals surface area (Å²) in [5.74, 6) is -1.20. The number of rotatable bonds is 3. The molecule has 0 fully saturated rings. The zero-order valence-corrected chi connectivity index (χ0v) is 9.34. The van der Waals surface area contributed by atoms with Crippen LogP contribution in [-0.4, -0.2) is 25.8 Å². The van der Waals surface area contributed by atoms with Crippen molar-refractivity contribution >= 4 is 40.9 Å². The normalized spacial score (nSPS) is 11.5. The molecule has 0 aliphatic carbocycles.